The summed E-state index contributed by atoms with van der Waals surface area (Å²) in [4.78, 5) is 30.8. The van der Waals surface area contributed by atoms with Crippen LogP contribution in [0.3, 0.4) is 0 Å². The van der Waals surface area contributed by atoms with Gasteiger partial charge < -0.3 is 4.90 Å². The van der Waals surface area contributed by atoms with Crippen LogP contribution in [0.2, 0.25) is 0 Å². The van der Waals surface area contributed by atoms with Gasteiger partial charge in [-0.3, -0.25) is 14.3 Å². The van der Waals surface area contributed by atoms with Crippen LogP contribution in [-0.2, 0) is 34.3 Å². The van der Waals surface area contributed by atoms with Crippen molar-refractivity contribution in [1.29, 1.82) is 0 Å². The third-order valence-corrected chi connectivity index (χ3v) is 7.31. The fourth-order valence-electron chi connectivity index (χ4n) is 3.78. The predicted octanol–water partition coefficient (Wildman–Crippen LogP) is -0.301. The zero-order valence-electron chi connectivity index (χ0n) is 16.1. The number of aryl methyl sites for hydroxylation is 1. The number of hydrogen-bond donors (Lipinski definition) is 0. The van der Waals surface area contributed by atoms with Crippen molar-refractivity contribution in [2.75, 3.05) is 26.2 Å². The molecule has 0 saturated carbocycles. The fourth-order valence-corrected chi connectivity index (χ4v) is 5.17. The Bertz CT molecular complexity index is 1040. The Morgan fingerprint density at radius 3 is 2.59 bits per heavy atom. The molecule has 2 aliphatic rings. The van der Waals surface area contributed by atoms with Crippen molar-refractivity contribution in [2.24, 2.45) is 0 Å². The van der Waals surface area contributed by atoms with Crippen LogP contribution >= 0.6 is 0 Å². The quantitative estimate of drug-likeness (QED) is 0.672. The summed E-state index contributed by atoms with van der Waals surface area (Å²) in [6, 6.07) is 3.09. The molecule has 2 aromatic heterocycles. The second-order valence-electron chi connectivity index (χ2n) is 7.29. The average Bonchev–Trinajstić information content (AvgIpc) is 2.90. The van der Waals surface area contributed by atoms with Gasteiger partial charge in [0, 0.05) is 51.5 Å². The molecule has 156 valence electrons. The van der Waals surface area contributed by atoms with E-state index in [1.54, 1.807) is 15.5 Å². The molecule has 1 fully saturated rings. The van der Waals surface area contributed by atoms with Gasteiger partial charge in [0.1, 0.15) is 17.3 Å². The average molecular weight is 420 g/mol. The molecule has 4 rings (SSSR count). The lowest BCUT2D eigenvalue weighted by atomic mass is 10.2. The van der Waals surface area contributed by atoms with Gasteiger partial charge in [0.15, 0.2) is 0 Å². The monoisotopic (exact) mass is 420 g/mol. The van der Waals surface area contributed by atoms with Crippen molar-refractivity contribution >= 4 is 15.9 Å². The van der Waals surface area contributed by atoms with E-state index in [0.29, 0.717) is 6.54 Å². The predicted molar refractivity (Wildman–Crippen MR) is 104 cm³/mol. The Balaban J connectivity index is 1.39. The van der Waals surface area contributed by atoms with E-state index >= 15 is 0 Å². The Kier molecular flexibility index (Phi) is 5.50. The topological polar surface area (TPSA) is 110 Å². The highest BCUT2D eigenvalue weighted by Crippen LogP contribution is 2.16. The molecule has 2 aromatic rings. The SMILES string of the molecule is O=C(Cn1nc2n(c1=O)CCCCC2)N1CCN(S(=O)(=O)c2cccnc2)CC1. The Morgan fingerprint density at radius 2 is 1.86 bits per heavy atom. The van der Waals surface area contributed by atoms with E-state index in [0.717, 1.165) is 31.5 Å². The lowest BCUT2D eigenvalue weighted by Crippen LogP contribution is -2.51. The van der Waals surface area contributed by atoms with Crippen molar-refractivity contribution in [1.82, 2.24) is 28.5 Å². The molecule has 4 heterocycles. The van der Waals surface area contributed by atoms with Gasteiger partial charge >= 0.3 is 5.69 Å². The summed E-state index contributed by atoms with van der Waals surface area (Å²) in [5.41, 5.74) is -0.243. The number of nitrogens with zero attached hydrogens (tertiary/aromatic N) is 6. The maximum Gasteiger partial charge on any atom is 0.346 e. The number of pyridine rings is 1. The molecular weight excluding hydrogens is 396 g/mol. The first kappa shape index (κ1) is 19.8. The number of amides is 1. The highest BCUT2D eigenvalue weighted by molar-refractivity contribution is 7.89. The van der Waals surface area contributed by atoms with E-state index in [-0.39, 0.29) is 49.2 Å². The smallest absolute Gasteiger partial charge is 0.338 e. The summed E-state index contributed by atoms with van der Waals surface area (Å²) in [5, 5.41) is 4.35. The van der Waals surface area contributed by atoms with Gasteiger partial charge in [-0.25, -0.2) is 17.9 Å². The van der Waals surface area contributed by atoms with Crippen LogP contribution in [0.15, 0.2) is 34.2 Å². The van der Waals surface area contributed by atoms with E-state index in [1.165, 1.54) is 27.4 Å². The maximum atomic E-state index is 12.7. The van der Waals surface area contributed by atoms with Crippen molar-refractivity contribution in [3.05, 3.63) is 40.8 Å². The zero-order chi connectivity index (χ0) is 20.4. The van der Waals surface area contributed by atoms with Gasteiger partial charge in [0.05, 0.1) is 0 Å². The number of sulfonamides is 1. The molecular formula is C18H24N6O4S. The van der Waals surface area contributed by atoms with E-state index < -0.39 is 10.0 Å². The van der Waals surface area contributed by atoms with Crippen molar-refractivity contribution in [3.8, 4) is 0 Å². The van der Waals surface area contributed by atoms with Crippen LogP contribution in [-0.4, -0.2) is 69.0 Å². The standard InChI is InChI=1S/C18H24N6O4S/c25-17(14-24-18(26)23-8-3-1-2-6-16(23)20-24)21-9-11-22(12-10-21)29(27,28)15-5-4-7-19-13-15/h4-5,7,13H,1-3,6,8-12,14H2. The third kappa shape index (κ3) is 3.97. The largest absolute Gasteiger partial charge is 0.346 e. The lowest BCUT2D eigenvalue weighted by Gasteiger charge is -2.33. The summed E-state index contributed by atoms with van der Waals surface area (Å²) in [6.45, 7) is 1.50. The van der Waals surface area contributed by atoms with Gasteiger partial charge in [-0.2, -0.15) is 9.40 Å². The maximum absolute atomic E-state index is 12.7. The minimum atomic E-state index is -3.62. The van der Waals surface area contributed by atoms with E-state index in [1.807, 2.05) is 0 Å². The number of fused-ring (bicyclic) bond motifs is 1. The van der Waals surface area contributed by atoms with Crippen LogP contribution in [0.25, 0.3) is 0 Å². The molecule has 0 bridgehead atoms. The molecule has 1 saturated heterocycles. The molecule has 1 amide bonds. The zero-order valence-corrected chi connectivity index (χ0v) is 16.9. The number of aromatic nitrogens is 4. The summed E-state index contributed by atoms with van der Waals surface area (Å²) in [6.07, 6.45) is 6.61. The van der Waals surface area contributed by atoms with Gasteiger partial charge in [0.25, 0.3) is 0 Å². The summed E-state index contributed by atoms with van der Waals surface area (Å²) in [5.74, 6) is 0.520. The lowest BCUT2D eigenvalue weighted by molar-refractivity contribution is -0.133. The number of rotatable bonds is 4. The van der Waals surface area contributed by atoms with Gasteiger partial charge in [-0.05, 0) is 25.0 Å². The van der Waals surface area contributed by atoms with Crippen molar-refractivity contribution < 1.29 is 13.2 Å². The summed E-state index contributed by atoms with van der Waals surface area (Å²) < 4.78 is 29.6. The van der Waals surface area contributed by atoms with Gasteiger partial charge in [0.2, 0.25) is 15.9 Å². The molecule has 0 aliphatic carbocycles. The minimum absolute atomic E-state index is 0.117. The Hall–Kier alpha value is -2.53. The van der Waals surface area contributed by atoms with Crippen LogP contribution in [0.1, 0.15) is 25.1 Å². The fraction of sp³-hybridized carbons (Fsp3) is 0.556. The molecule has 0 aromatic carbocycles. The Labute approximate surface area is 168 Å². The number of carbonyl (C=O) groups is 1. The number of piperazine rings is 1. The van der Waals surface area contributed by atoms with Crippen molar-refractivity contribution in [3.63, 3.8) is 0 Å². The van der Waals surface area contributed by atoms with Crippen LogP contribution in [0.5, 0.6) is 0 Å². The first-order chi connectivity index (χ1) is 14.0. The highest BCUT2D eigenvalue weighted by atomic mass is 32.2. The van der Waals surface area contributed by atoms with E-state index in [9.17, 15) is 18.0 Å². The molecule has 11 heteroatoms. The Morgan fingerprint density at radius 1 is 1.07 bits per heavy atom. The second-order valence-corrected chi connectivity index (χ2v) is 9.23. The normalized spacial score (nSPS) is 18.3. The van der Waals surface area contributed by atoms with Crippen LogP contribution < -0.4 is 5.69 Å². The van der Waals surface area contributed by atoms with E-state index in [4.69, 9.17) is 0 Å². The van der Waals surface area contributed by atoms with E-state index in [2.05, 4.69) is 10.1 Å². The first-order valence-electron chi connectivity index (χ1n) is 9.81. The number of carbonyl (C=O) groups excluding carboxylic acids is 1. The van der Waals surface area contributed by atoms with Crippen molar-refractivity contribution in [2.45, 2.75) is 43.7 Å². The first-order valence-corrected chi connectivity index (χ1v) is 11.3. The number of hydrogen-bond acceptors (Lipinski definition) is 6. The van der Waals surface area contributed by atoms with Gasteiger partial charge in [-0.1, -0.05) is 6.42 Å². The molecule has 0 spiro atoms. The molecule has 0 N–H and O–H groups in total. The molecule has 2 aliphatic heterocycles. The molecule has 0 atom stereocenters. The van der Waals surface area contributed by atoms with Crippen LogP contribution in [0, 0.1) is 0 Å². The summed E-state index contributed by atoms with van der Waals surface area (Å²) >= 11 is 0. The molecule has 10 nitrogen and oxygen atoms in total. The summed E-state index contributed by atoms with van der Waals surface area (Å²) in [7, 11) is -3.62. The highest BCUT2D eigenvalue weighted by Gasteiger charge is 2.30. The minimum Gasteiger partial charge on any atom is -0.338 e. The van der Waals surface area contributed by atoms with Crippen LogP contribution in [0.4, 0.5) is 0 Å². The molecule has 29 heavy (non-hydrogen) atoms. The second kappa shape index (κ2) is 8.07. The molecule has 0 radical (unpaired) electrons. The van der Waals surface area contributed by atoms with Gasteiger partial charge in [-0.15, -0.1) is 0 Å². The molecule has 0 unspecified atom stereocenters. The third-order valence-electron chi connectivity index (χ3n) is 5.43.